The Morgan fingerprint density at radius 1 is 0.714 bits per heavy atom. The van der Waals surface area contributed by atoms with Gasteiger partial charge in [-0.3, -0.25) is 38.5 Å². The van der Waals surface area contributed by atoms with Crippen LogP contribution >= 0.6 is 23.2 Å². The number of nitrogens with zero attached hydrogens (tertiary/aromatic N) is 1. The van der Waals surface area contributed by atoms with Crippen molar-refractivity contribution in [3.63, 3.8) is 0 Å². The number of carboxylic acid groups (broad SMARTS) is 1. The fourth-order valence-electron chi connectivity index (χ4n) is 15.5. The molecule has 7 aliphatic heterocycles. The van der Waals surface area contributed by atoms with Gasteiger partial charge < -0.3 is 138 Å². The molecule has 9 unspecified atom stereocenters. The minimum atomic E-state index is -4.55. The molecule has 1 aromatic heterocycles. The lowest BCUT2D eigenvalue weighted by atomic mass is 9.84. The number of likely N-dealkylation sites (N-methyl/N-ethyl adjacent to an activating group) is 1. The van der Waals surface area contributed by atoms with Crippen LogP contribution in [0.2, 0.25) is 10.0 Å². The number of carbonyl (C=O) groups excluding carboxylic acids is 7. The van der Waals surface area contributed by atoms with E-state index in [1.54, 1.807) is 37.3 Å². The predicted molar refractivity (Wildman–Crippen MR) is 439 cm³/mol. The third kappa shape index (κ3) is 20.1. The fraction of sp³-hybridized carbons (Fsp3) is 0.376. The van der Waals surface area contributed by atoms with Crippen molar-refractivity contribution < 1.29 is 136 Å². The van der Waals surface area contributed by atoms with Gasteiger partial charge in [-0.2, -0.15) is 13.2 Å². The van der Waals surface area contributed by atoms with E-state index in [4.69, 9.17) is 62.1 Å². The number of halogens is 5. The van der Waals surface area contributed by atoms with Gasteiger partial charge in [-0.05, 0) is 146 Å². The number of ether oxygens (including phenoxy) is 7. The molecular formula is C85H90Cl2F3N11O25. The first kappa shape index (κ1) is 91.7. The van der Waals surface area contributed by atoms with E-state index in [0.29, 0.717) is 22.4 Å². The molecule has 41 heteroatoms. The third-order valence-electron chi connectivity index (χ3n) is 22.1. The van der Waals surface area contributed by atoms with Crippen molar-refractivity contribution in [2.75, 3.05) is 32.1 Å². The molecule has 21 N–H and O–H groups in total. The monoisotopic (exact) mass is 1790 g/mol. The van der Waals surface area contributed by atoms with Gasteiger partial charge in [0.15, 0.2) is 29.9 Å². The molecule has 0 aliphatic carbocycles. The number of hydrogen-bond donors (Lipinski definition) is 20. The van der Waals surface area contributed by atoms with Gasteiger partial charge in [0.05, 0.1) is 52.4 Å². The first-order valence-corrected chi connectivity index (χ1v) is 40.4. The van der Waals surface area contributed by atoms with Crippen molar-refractivity contribution in [1.82, 2.24) is 47.5 Å². The number of rotatable bonds is 21. The minimum Gasteiger partial charge on any atom is -0.508 e. The summed E-state index contributed by atoms with van der Waals surface area (Å²) in [6.07, 6.45) is -22.4. The molecule has 8 heterocycles. The van der Waals surface area contributed by atoms with Crippen LogP contribution in [0, 0.1) is 5.92 Å². The molecule has 15 rings (SSSR count). The maximum absolute atomic E-state index is 16.2. The number of carbonyl (C=O) groups is 8. The maximum atomic E-state index is 16.2. The molecule has 0 saturated carbocycles. The van der Waals surface area contributed by atoms with Crippen LogP contribution in [0.1, 0.15) is 116 Å². The van der Waals surface area contributed by atoms with E-state index < -0.39 is 254 Å². The second-order valence-corrected chi connectivity index (χ2v) is 32.3. The fourth-order valence-corrected chi connectivity index (χ4v) is 15.9. The van der Waals surface area contributed by atoms with Gasteiger partial charge in [-0.25, -0.2) is 4.79 Å². The number of aliphatic hydroxyl groups is 6. The molecule has 8 aromatic rings. The van der Waals surface area contributed by atoms with E-state index in [1.165, 1.54) is 38.4 Å². The van der Waals surface area contributed by atoms with E-state index in [0.717, 1.165) is 78.9 Å². The van der Waals surface area contributed by atoms with Crippen LogP contribution in [0.4, 0.5) is 18.9 Å². The number of benzene rings is 7. The number of pyridine rings is 1. The van der Waals surface area contributed by atoms with Crippen molar-refractivity contribution in [2.45, 2.75) is 169 Å². The standard InChI is InChI=1S/C85H90Cl2F3N11O25/c1-35(2)22-52(92-5)76(112)100-67-69(107)39-9-16-56(48(86)24-39)122-58-26-41-27-59(73(58)126-83-74(72(110)71(109)60(34-102)124-83)125-62-32-84(4,75(111)36(3)121-62)95-33-37-6-12-44(13-7-37)120-21-20-94-50-18-19-93-51-28-42(85(88,89)90)11-14-45(50)51)123-57-17-10-40(25-49(57)87)70(108)68-81(117)99-66(82(118)119)47-29-43(103)30-55(105)63(47)46-23-38(8-15-54(46)104)64(78(114)101-68)98-79(115)65(41)97-77(113)53(31-61(91)106)96-80(67)116/h6-19,23-30,35-36,52-53,60,62,64-72,74-75,83,92,95,102-105,107-111H,20-22,31-34H2,1-5H3,(H2,91,106)(H,93,94)(H,96,116)(H,97,113)(H,98,115)(H,99,117)(H,100,112)(H,101,114)(H,118,119)/t36?,52-,53+,60?,62?,64-,65-,66-,67-,68+,69-,70-,71?,72?,74?,75?,83?,84?/m1/s1. The summed E-state index contributed by atoms with van der Waals surface area (Å²) in [7, 11) is 1.46. The summed E-state index contributed by atoms with van der Waals surface area (Å²) in [4.78, 5) is 122. The second kappa shape index (κ2) is 38.1. The molecule has 18 atom stereocenters. The van der Waals surface area contributed by atoms with Gasteiger partial charge in [0.1, 0.15) is 102 Å². The number of phenolic OH excluding ortho intramolecular Hbond substituents is 3. The van der Waals surface area contributed by atoms with Crippen molar-refractivity contribution >= 4 is 87.1 Å². The predicted octanol–water partition coefficient (Wildman–Crippen LogP) is 5.00. The van der Waals surface area contributed by atoms with Crippen molar-refractivity contribution in [1.29, 1.82) is 0 Å². The molecule has 11 bridgehead atoms. The number of hydrogen-bond acceptors (Lipinski definition) is 28. The largest absolute Gasteiger partial charge is 0.508 e. The highest BCUT2D eigenvalue weighted by atomic mass is 35.5. The van der Waals surface area contributed by atoms with Gasteiger partial charge in [-0.1, -0.05) is 73.4 Å². The summed E-state index contributed by atoms with van der Waals surface area (Å²) in [5, 5.41) is 140. The molecule has 36 nitrogen and oxygen atoms in total. The normalized spacial score (nSPS) is 26.0. The van der Waals surface area contributed by atoms with Crippen LogP contribution in [0.5, 0.6) is 51.7 Å². The number of fused-ring (bicyclic) bond motifs is 16. The number of primary amides is 1. The van der Waals surface area contributed by atoms with Crippen LogP contribution in [-0.2, 0) is 65.3 Å². The molecule has 670 valence electrons. The summed E-state index contributed by atoms with van der Waals surface area (Å²) in [5.41, 5.74) is 2.01. The van der Waals surface area contributed by atoms with Crippen molar-refractivity contribution in [3.8, 4) is 62.9 Å². The lowest BCUT2D eigenvalue weighted by Gasteiger charge is -2.48. The molecular weight excluding hydrogens is 1700 g/mol. The Bertz CT molecular complexity index is 5490. The van der Waals surface area contributed by atoms with Crippen LogP contribution in [0.25, 0.3) is 22.0 Å². The highest BCUT2D eigenvalue weighted by Crippen LogP contribution is 2.50. The Labute approximate surface area is 725 Å². The number of nitrogens with one attached hydrogen (secondary N) is 9. The zero-order valence-electron chi connectivity index (χ0n) is 67.6. The van der Waals surface area contributed by atoms with Gasteiger partial charge in [0.25, 0.3) is 0 Å². The average Bonchev–Trinajstić information content (AvgIpc) is 0.763. The number of aromatic hydroxyl groups is 3. The first-order valence-electron chi connectivity index (χ1n) is 39.6. The summed E-state index contributed by atoms with van der Waals surface area (Å²) in [6, 6.07) is 10.8. The summed E-state index contributed by atoms with van der Waals surface area (Å²) < 4.78 is 85.8. The second-order valence-electron chi connectivity index (χ2n) is 31.5. The SMILES string of the molecule is CN[C@H](CC(C)C)C(=O)N[C@H]1C(=O)N[C@@H](CC(N)=O)C(=O)N[C@H]2C(=O)N[C@H]3C(=O)N[C@H](C(=O)N[C@@H](C(=O)O)c4cc(O)cc(O)c4-c4cc3ccc4O)[C@H](O)c3ccc(c(Cl)c3)Oc3cc2cc(c3OC2OC(CO)C(O)C(O)C2OC2CC(C)(NCc3ccc(OCCNc4ccnc5cc(C(F)(F)F)ccc45)cc3)C(O)C(C)O2)Oc2ccc(cc2Cl)[C@H]1O. The number of alkyl halides is 3. The molecule has 0 spiro atoms. The van der Waals surface area contributed by atoms with Crippen LogP contribution in [-0.4, -0.2) is 209 Å². The van der Waals surface area contributed by atoms with Gasteiger partial charge in [0.2, 0.25) is 53.4 Å². The van der Waals surface area contributed by atoms with Gasteiger partial charge in [0, 0.05) is 65.1 Å². The number of aromatic nitrogens is 1. The summed E-state index contributed by atoms with van der Waals surface area (Å²) >= 11 is 14.3. The van der Waals surface area contributed by atoms with E-state index >= 15 is 14.4 Å². The van der Waals surface area contributed by atoms with Gasteiger partial charge >= 0.3 is 12.1 Å². The quantitative estimate of drug-likeness (QED) is 0.0421. The lowest BCUT2D eigenvalue weighted by Crippen LogP contribution is -2.65. The molecule has 7 amide bonds. The Kier molecular flexibility index (Phi) is 27.7. The Hall–Kier alpha value is -12.0. The molecule has 7 aliphatic rings. The summed E-state index contributed by atoms with van der Waals surface area (Å²) in [6.45, 7) is 6.28. The van der Waals surface area contributed by atoms with E-state index in [9.17, 15) is 88.2 Å². The van der Waals surface area contributed by atoms with Crippen LogP contribution in [0.15, 0.2) is 134 Å². The summed E-state index contributed by atoms with van der Waals surface area (Å²) in [5.74, 6) is -15.9. The molecule has 2 saturated heterocycles. The van der Waals surface area contributed by atoms with E-state index in [1.807, 2.05) is 13.8 Å². The lowest BCUT2D eigenvalue weighted by molar-refractivity contribution is -0.334. The van der Waals surface area contributed by atoms with Crippen LogP contribution < -0.4 is 72.5 Å². The van der Waals surface area contributed by atoms with Crippen molar-refractivity contribution in [2.24, 2.45) is 11.7 Å². The topological polar surface area (TPSA) is 551 Å². The smallest absolute Gasteiger partial charge is 0.416 e. The number of amides is 7. The Balaban J connectivity index is 0.907. The Morgan fingerprint density at radius 2 is 1.37 bits per heavy atom. The number of carboxylic acids is 1. The highest BCUT2D eigenvalue weighted by molar-refractivity contribution is 6.32. The molecule has 7 aromatic carbocycles. The number of aliphatic carboxylic acids is 1. The zero-order valence-corrected chi connectivity index (χ0v) is 69.1. The average molecular weight is 1790 g/mol. The molecule has 0 radical (unpaired) electrons. The first-order chi connectivity index (χ1) is 59.8. The minimum absolute atomic E-state index is 0.0993. The van der Waals surface area contributed by atoms with E-state index in [2.05, 4.69) is 52.8 Å². The molecule has 2 fully saturated rings. The zero-order chi connectivity index (χ0) is 90.8. The third-order valence-corrected chi connectivity index (χ3v) is 22.7. The number of aliphatic hydroxyl groups excluding tert-OH is 6. The van der Waals surface area contributed by atoms with Crippen molar-refractivity contribution in [3.05, 3.63) is 183 Å². The highest BCUT2D eigenvalue weighted by Gasteiger charge is 2.52. The number of nitrogens with two attached hydrogens (primary N) is 1. The molecule has 126 heavy (non-hydrogen) atoms. The number of phenols is 3. The van der Waals surface area contributed by atoms with Gasteiger partial charge in [-0.15, -0.1) is 0 Å². The van der Waals surface area contributed by atoms with Crippen LogP contribution in [0.3, 0.4) is 0 Å². The van der Waals surface area contributed by atoms with E-state index in [-0.39, 0.29) is 66.4 Å². The maximum Gasteiger partial charge on any atom is 0.416 e. The number of anilines is 1. The Morgan fingerprint density at radius 3 is 2.00 bits per heavy atom.